The van der Waals surface area contributed by atoms with E-state index in [0.717, 1.165) is 6.07 Å². The van der Waals surface area contributed by atoms with Crippen LogP contribution in [-0.2, 0) is 0 Å². The summed E-state index contributed by atoms with van der Waals surface area (Å²) in [5.41, 5.74) is 8.60. The van der Waals surface area contributed by atoms with Crippen molar-refractivity contribution < 1.29 is 13.2 Å². The van der Waals surface area contributed by atoms with Crippen molar-refractivity contribution in [1.29, 1.82) is 0 Å². The fourth-order valence-electron chi connectivity index (χ4n) is 2.49. The minimum Gasteiger partial charge on any atom is -0.320 e. The van der Waals surface area contributed by atoms with Gasteiger partial charge < -0.3 is 5.73 Å². The summed E-state index contributed by atoms with van der Waals surface area (Å²) in [6.45, 7) is 4.99. The second-order valence-electron chi connectivity index (χ2n) is 5.05. The predicted octanol–water partition coefficient (Wildman–Crippen LogP) is 4.08. The first-order valence-electron chi connectivity index (χ1n) is 6.29. The summed E-state index contributed by atoms with van der Waals surface area (Å²) < 4.78 is 40.5. The van der Waals surface area contributed by atoms with Crippen molar-refractivity contribution in [3.8, 4) is 0 Å². The van der Waals surface area contributed by atoms with E-state index >= 15 is 0 Å². The van der Waals surface area contributed by atoms with E-state index in [9.17, 15) is 13.2 Å². The van der Waals surface area contributed by atoms with E-state index in [-0.39, 0.29) is 11.4 Å². The zero-order valence-corrected chi connectivity index (χ0v) is 11.6. The largest absolute Gasteiger partial charge is 0.320 e. The molecule has 0 spiro atoms. The summed E-state index contributed by atoms with van der Waals surface area (Å²) in [7, 11) is 0. The Balaban J connectivity index is 2.57. The van der Waals surface area contributed by atoms with Gasteiger partial charge in [-0.15, -0.1) is 0 Å². The fourth-order valence-corrected chi connectivity index (χ4v) is 2.49. The first kappa shape index (κ1) is 14.6. The third-order valence-electron chi connectivity index (χ3n) is 3.48. The summed E-state index contributed by atoms with van der Waals surface area (Å²) in [6, 6.07) is 4.19. The monoisotopic (exact) mass is 279 g/mol. The normalized spacial score (nSPS) is 12.6. The number of halogens is 3. The summed E-state index contributed by atoms with van der Waals surface area (Å²) in [6.07, 6.45) is 0. The van der Waals surface area contributed by atoms with Crippen molar-refractivity contribution in [1.82, 2.24) is 0 Å². The highest BCUT2D eigenvalue weighted by molar-refractivity contribution is 5.43. The van der Waals surface area contributed by atoms with Crippen molar-refractivity contribution >= 4 is 0 Å². The second-order valence-corrected chi connectivity index (χ2v) is 5.05. The van der Waals surface area contributed by atoms with Crippen LogP contribution in [0.4, 0.5) is 13.2 Å². The molecule has 2 N–H and O–H groups in total. The topological polar surface area (TPSA) is 26.0 Å². The SMILES string of the molecule is Cc1cc(C(N)c2c(C)cc(F)cc2C)c(F)cc1F. The molecule has 0 aliphatic heterocycles. The Labute approximate surface area is 116 Å². The van der Waals surface area contributed by atoms with Crippen molar-refractivity contribution in [3.05, 3.63) is 69.5 Å². The summed E-state index contributed by atoms with van der Waals surface area (Å²) >= 11 is 0. The van der Waals surface area contributed by atoms with Crippen LogP contribution in [-0.4, -0.2) is 0 Å². The minimum atomic E-state index is -0.755. The number of benzene rings is 2. The molecule has 0 aliphatic carbocycles. The maximum Gasteiger partial charge on any atom is 0.131 e. The quantitative estimate of drug-likeness (QED) is 0.880. The summed E-state index contributed by atoms with van der Waals surface area (Å²) in [4.78, 5) is 0. The van der Waals surface area contributed by atoms with Crippen LogP contribution in [0.2, 0.25) is 0 Å². The standard InChI is InChI=1S/C16H16F3N/c1-8-6-12(14(19)7-13(8)18)16(20)15-9(2)4-11(17)5-10(15)3/h4-7,16H,20H2,1-3H3. The molecule has 0 heterocycles. The van der Waals surface area contributed by atoms with Crippen LogP contribution < -0.4 is 5.73 Å². The van der Waals surface area contributed by atoms with Gasteiger partial charge in [0.15, 0.2) is 0 Å². The van der Waals surface area contributed by atoms with Gasteiger partial charge in [0.05, 0.1) is 6.04 Å². The van der Waals surface area contributed by atoms with Gasteiger partial charge in [0.25, 0.3) is 0 Å². The highest BCUT2D eigenvalue weighted by atomic mass is 19.1. The van der Waals surface area contributed by atoms with Gasteiger partial charge in [-0.2, -0.15) is 0 Å². The van der Waals surface area contributed by atoms with Crippen LogP contribution in [0.1, 0.15) is 33.9 Å². The number of hydrogen-bond donors (Lipinski definition) is 1. The second kappa shape index (κ2) is 5.29. The maximum atomic E-state index is 13.9. The van der Waals surface area contributed by atoms with Gasteiger partial charge in [-0.05, 0) is 61.2 Å². The molecule has 2 aromatic rings. The van der Waals surface area contributed by atoms with E-state index in [1.807, 2.05) is 0 Å². The predicted molar refractivity (Wildman–Crippen MR) is 73.0 cm³/mol. The number of aryl methyl sites for hydroxylation is 3. The lowest BCUT2D eigenvalue weighted by molar-refractivity contribution is 0.560. The lowest BCUT2D eigenvalue weighted by atomic mass is 9.91. The Hall–Kier alpha value is -1.81. The molecule has 0 bridgehead atoms. The van der Waals surface area contributed by atoms with Gasteiger partial charge >= 0.3 is 0 Å². The zero-order valence-electron chi connectivity index (χ0n) is 11.6. The van der Waals surface area contributed by atoms with Crippen molar-refractivity contribution in [2.45, 2.75) is 26.8 Å². The van der Waals surface area contributed by atoms with Crippen molar-refractivity contribution in [3.63, 3.8) is 0 Å². The lowest BCUT2D eigenvalue weighted by Gasteiger charge is -2.19. The minimum absolute atomic E-state index is 0.210. The third kappa shape index (κ3) is 2.56. The zero-order chi connectivity index (χ0) is 15.0. The van der Waals surface area contributed by atoms with Crippen molar-refractivity contribution in [2.24, 2.45) is 5.73 Å². The summed E-state index contributed by atoms with van der Waals surface area (Å²) in [5, 5.41) is 0. The molecule has 1 atom stereocenters. The van der Waals surface area contributed by atoms with Crippen molar-refractivity contribution in [2.75, 3.05) is 0 Å². The molecule has 0 saturated carbocycles. The average Bonchev–Trinajstić information content (AvgIpc) is 2.32. The highest BCUT2D eigenvalue weighted by Crippen LogP contribution is 2.29. The maximum absolute atomic E-state index is 13.9. The molecule has 2 aromatic carbocycles. The third-order valence-corrected chi connectivity index (χ3v) is 3.48. The molecule has 0 fully saturated rings. The Morgan fingerprint density at radius 3 is 1.90 bits per heavy atom. The van der Waals surface area contributed by atoms with E-state index in [0.29, 0.717) is 22.3 Å². The molecule has 1 unspecified atom stereocenters. The molecular formula is C16H16F3N. The van der Waals surface area contributed by atoms with Gasteiger partial charge in [0, 0.05) is 11.6 Å². The van der Waals surface area contributed by atoms with Gasteiger partial charge in [-0.25, -0.2) is 13.2 Å². The molecule has 0 aliphatic rings. The van der Waals surface area contributed by atoms with E-state index in [2.05, 4.69) is 0 Å². The van der Waals surface area contributed by atoms with Gasteiger partial charge in [0.2, 0.25) is 0 Å². The van der Waals surface area contributed by atoms with Crippen LogP contribution in [0, 0.1) is 38.2 Å². The molecule has 0 amide bonds. The molecule has 0 radical (unpaired) electrons. The number of rotatable bonds is 2. The molecule has 4 heteroatoms. The highest BCUT2D eigenvalue weighted by Gasteiger charge is 2.19. The van der Waals surface area contributed by atoms with Crippen LogP contribution >= 0.6 is 0 Å². The molecule has 106 valence electrons. The Bertz CT molecular complexity index is 642. The Kier molecular flexibility index (Phi) is 3.86. The van der Waals surface area contributed by atoms with E-state index in [1.54, 1.807) is 20.8 Å². The van der Waals surface area contributed by atoms with Gasteiger partial charge in [0.1, 0.15) is 17.5 Å². The molecule has 0 saturated heterocycles. The van der Waals surface area contributed by atoms with Gasteiger partial charge in [-0.3, -0.25) is 0 Å². The molecule has 1 nitrogen and oxygen atoms in total. The molecular weight excluding hydrogens is 263 g/mol. The molecule has 2 rings (SSSR count). The first-order chi connectivity index (χ1) is 9.31. The molecule has 0 aromatic heterocycles. The van der Waals surface area contributed by atoms with Crippen LogP contribution in [0.25, 0.3) is 0 Å². The first-order valence-corrected chi connectivity index (χ1v) is 6.29. The van der Waals surface area contributed by atoms with E-state index < -0.39 is 17.7 Å². The molecule has 20 heavy (non-hydrogen) atoms. The Morgan fingerprint density at radius 2 is 1.35 bits per heavy atom. The fraction of sp³-hybridized carbons (Fsp3) is 0.250. The number of hydrogen-bond acceptors (Lipinski definition) is 1. The van der Waals surface area contributed by atoms with E-state index in [1.165, 1.54) is 18.2 Å². The number of nitrogens with two attached hydrogens (primary N) is 1. The van der Waals surface area contributed by atoms with Crippen LogP contribution in [0.15, 0.2) is 24.3 Å². The summed E-state index contributed by atoms with van der Waals surface area (Å²) in [5.74, 6) is -1.65. The van der Waals surface area contributed by atoms with Crippen LogP contribution in [0.5, 0.6) is 0 Å². The smallest absolute Gasteiger partial charge is 0.131 e. The Morgan fingerprint density at radius 1 is 0.800 bits per heavy atom. The van der Waals surface area contributed by atoms with Crippen LogP contribution in [0.3, 0.4) is 0 Å². The lowest BCUT2D eigenvalue weighted by Crippen LogP contribution is -2.17. The average molecular weight is 279 g/mol. The van der Waals surface area contributed by atoms with E-state index in [4.69, 9.17) is 5.73 Å². The van der Waals surface area contributed by atoms with Gasteiger partial charge in [-0.1, -0.05) is 0 Å².